The summed E-state index contributed by atoms with van der Waals surface area (Å²) in [5, 5.41) is 16.1. The number of anilines is 1. The number of para-hydroxylation sites is 1. The minimum atomic E-state index is -0.542. The van der Waals surface area contributed by atoms with Crippen molar-refractivity contribution in [3.8, 4) is 11.5 Å². The summed E-state index contributed by atoms with van der Waals surface area (Å²) in [5.74, 6) is -1.10. The molecule has 0 bridgehead atoms. The monoisotopic (exact) mass is 499 g/mol. The summed E-state index contributed by atoms with van der Waals surface area (Å²) in [5.41, 5.74) is 3.01. The molecule has 0 unspecified atom stereocenters. The lowest BCUT2D eigenvalue weighted by molar-refractivity contribution is -0.124. The number of hydrogen-bond donors (Lipinski definition) is 3. The highest BCUT2D eigenvalue weighted by molar-refractivity contribution is 14.1. The van der Waals surface area contributed by atoms with Crippen molar-refractivity contribution in [1.82, 2.24) is 5.43 Å². The quantitative estimate of drug-likeness (QED) is 0.295. The number of nitrogens with one attached hydrogen (secondary N) is 2. The molecule has 2 amide bonds. The average Bonchev–Trinajstić information content (AvgIpc) is 2.66. The minimum absolute atomic E-state index is 0.0458. The fraction of sp³-hybridized carbons (Fsp3) is 0.211. The Bertz CT molecular complexity index is 889. The number of hydrazone groups is 1. The number of phenolic OH excluding ortho intramolecular Hbond substituents is 1. The molecule has 148 valence electrons. The summed E-state index contributed by atoms with van der Waals surface area (Å²) in [6.07, 6.45) is 1.19. The second-order valence-electron chi connectivity index (χ2n) is 5.60. The zero-order valence-electron chi connectivity index (χ0n) is 15.0. The van der Waals surface area contributed by atoms with Crippen LogP contribution in [0, 0.1) is 9.39 Å². The number of rotatable bonds is 8. The van der Waals surface area contributed by atoms with Crippen molar-refractivity contribution in [2.75, 3.05) is 11.9 Å². The molecule has 28 heavy (non-hydrogen) atoms. The molecule has 0 aliphatic heterocycles. The van der Waals surface area contributed by atoms with Gasteiger partial charge >= 0.3 is 0 Å². The second kappa shape index (κ2) is 10.6. The van der Waals surface area contributed by atoms with Gasteiger partial charge in [-0.3, -0.25) is 9.59 Å². The van der Waals surface area contributed by atoms with Crippen LogP contribution in [0.4, 0.5) is 10.1 Å². The van der Waals surface area contributed by atoms with E-state index in [9.17, 15) is 19.1 Å². The van der Waals surface area contributed by atoms with E-state index in [1.807, 2.05) is 22.6 Å². The lowest BCUT2D eigenvalue weighted by Gasteiger charge is -2.08. The largest absolute Gasteiger partial charge is 0.504 e. The standard InChI is InChI=1S/C19H19FIN3O4/c1-2-28-16-10-12(9-14(21)19(16)27)11-22-24-18(26)8-7-17(25)23-15-6-4-3-5-13(15)20/h3-6,9-11,27H,2,7-8H2,1H3,(H,23,25)(H,24,26)/b22-11+. The van der Waals surface area contributed by atoms with Crippen LogP contribution in [0.25, 0.3) is 0 Å². The highest BCUT2D eigenvalue weighted by Gasteiger charge is 2.10. The Morgan fingerprint density at radius 1 is 1.25 bits per heavy atom. The van der Waals surface area contributed by atoms with Crippen LogP contribution in [0.3, 0.4) is 0 Å². The molecule has 0 aromatic heterocycles. The Morgan fingerprint density at radius 3 is 2.68 bits per heavy atom. The Balaban J connectivity index is 1.83. The first-order valence-corrected chi connectivity index (χ1v) is 9.50. The number of hydrogen-bond acceptors (Lipinski definition) is 5. The normalized spacial score (nSPS) is 10.7. The van der Waals surface area contributed by atoms with Crippen LogP contribution in [-0.2, 0) is 9.59 Å². The van der Waals surface area contributed by atoms with Gasteiger partial charge in [0.15, 0.2) is 11.5 Å². The molecule has 2 rings (SSSR count). The van der Waals surface area contributed by atoms with Crippen LogP contribution in [0.1, 0.15) is 25.3 Å². The number of carbonyl (C=O) groups excluding carboxylic acids is 2. The van der Waals surface area contributed by atoms with Crippen molar-refractivity contribution < 1.29 is 23.8 Å². The molecular weight excluding hydrogens is 480 g/mol. The van der Waals surface area contributed by atoms with E-state index >= 15 is 0 Å². The Hall–Kier alpha value is -2.69. The zero-order chi connectivity index (χ0) is 20.5. The highest BCUT2D eigenvalue weighted by Crippen LogP contribution is 2.32. The molecule has 2 aromatic carbocycles. The molecule has 0 spiro atoms. The van der Waals surface area contributed by atoms with Crippen LogP contribution in [0.15, 0.2) is 41.5 Å². The van der Waals surface area contributed by atoms with Gasteiger partial charge in [-0.1, -0.05) is 12.1 Å². The fourth-order valence-corrected chi connectivity index (χ4v) is 2.80. The molecule has 0 saturated carbocycles. The lowest BCUT2D eigenvalue weighted by Crippen LogP contribution is -2.21. The highest BCUT2D eigenvalue weighted by atomic mass is 127. The third-order valence-electron chi connectivity index (χ3n) is 3.48. The molecule has 0 radical (unpaired) electrons. The SMILES string of the molecule is CCOc1cc(/C=N/NC(=O)CCC(=O)Nc2ccccc2F)cc(I)c1O. The van der Waals surface area contributed by atoms with E-state index in [1.54, 1.807) is 25.1 Å². The van der Waals surface area contributed by atoms with Crippen LogP contribution in [0.2, 0.25) is 0 Å². The van der Waals surface area contributed by atoms with Gasteiger partial charge in [0, 0.05) is 12.8 Å². The van der Waals surface area contributed by atoms with Gasteiger partial charge in [-0.05, 0) is 59.3 Å². The number of carbonyl (C=O) groups is 2. The van der Waals surface area contributed by atoms with Gasteiger partial charge in [-0.25, -0.2) is 9.82 Å². The maximum absolute atomic E-state index is 13.5. The van der Waals surface area contributed by atoms with E-state index in [2.05, 4.69) is 15.8 Å². The van der Waals surface area contributed by atoms with Crippen molar-refractivity contribution in [3.05, 3.63) is 51.3 Å². The molecule has 0 aliphatic rings. The summed E-state index contributed by atoms with van der Waals surface area (Å²) < 4.78 is 19.4. The molecule has 0 saturated heterocycles. The van der Waals surface area contributed by atoms with Gasteiger partial charge in [0.1, 0.15) is 5.82 Å². The van der Waals surface area contributed by atoms with Crippen molar-refractivity contribution >= 4 is 46.3 Å². The molecular formula is C19H19FIN3O4. The molecule has 0 heterocycles. The average molecular weight is 499 g/mol. The number of amides is 2. The molecule has 0 aliphatic carbocycles. The van der Waals surface area contributed by atoms with Gasteiger partial charge < -0.3 is 15.2 Å². The number of benzene rings is 2. The number of ether oxygens (including phenoxy) is 1. The number of halogens is 2. The van der Waals surface area contributed by atoms with E-state index in [0.717, 1.165) is 0 Å². The predicted octanol–water partition coefficient (Wildman–Crippen LogP) is 3.40. The topological polar surface area (TPSA) is 100 Å². The van der Waals surface area contributed by atoms with Crippen molar-refractivity contribution in [3.63, 3.8) is 0 Å². The third-order valence-corrected chi connectivity index (χ3v) is 4.30. The van der Waals surface area contributed by atoms with E-state index in [0.29, 0.717) is 21.5 Å². The van der Waals surface area contributed by atoms with Gasteiger partial charge in [-0.2, -0.15) is 5.10 Å². The van der Waals surface area contributed by atoms with E-state index in [-0.39, 0.29) is 24.3 Å². The third kappa shape index (κ3) is 6.48. The Kier molecular flexibility index (Phi) is 8.18. The van der Waals surface area contributed by atoms with Crippen molar-refractivity contribution in [2.24, 2.45) is 5.10 Å². The Morgan fingerprint density at radius 2 is 1.96 bits per heavy atom. The van der Waals surface area contributed by atoms with E-state index in [4.69, 9.17) is 4.74 Å². The Labute approximate surface area is 175 Å². The minimum Gasteiger partial charge on any atom is -0.504 e. The summed E-state index contributed by atoms with van der Waals surface area (Å²) >= 11 is 1.96. The molecule has 3 N–H and O–H groups in total. The lowest BCUT2D eigenvalue weighted by atomic mass is 10.2. The maximum Gasteiger partial charge on any atom is 0.240 e. The second-order valence-corrected chi connectivity index (χ2v) is 6.77. The van der Waals surface area contributed by atoms with Gasteiger partial charge in [0.2, 0.25) is 11.8 Å². The van der Waals surface area contributed by atoms with Gasteiger partial charge in [0.05, 0.1) is 22.1 Å². The first-order chi connectivity index (χ1) is 13.4. The molecule has 0 atom stereocenters. The number of nitrogens with zero attached hydrogens (tertiary/aromatic N) is 1. The first-order valence-electron chi connectivity index (χ1n) is 8.42. The van der Waals surface area contributed by atoms with Gasteiger partial charge in [0.25, 0.3) is 0 Å². The molecule has 9 heteroatoms. The van der Waals surface area contributed by atoms with Crippen LogP contribution >= 0.6 is 22.6 Å². The van der Waals surface area contributed by atoms with Crippen LogP contribution in [0.5, 0.6) is 11.5 Å². The zero-order valence-corrected chi connectivity index (χ0v) is 17.2. The van der Waals surface area contributed by atoms with E-state index < -0.39 is 17.6 Å². The summed E-state index contributed by atoms with van der Waals surface area (Å²) in [6, 6.07) is 9.06. The number of phenols is 1. The first kappa shape index (κ1) is 21.6. The summed E-state index contributed by atoms with van der Waals surface area (Å²) in [4.78, 5) is 23.6. The van der Waals surface area contributed by atoms with Crippen molar-refractivity contribution in [2.45, 2.75) is 19.8 Å². The summed E-state index contributed by atoms with van der Waals surface area (Å²) in [6.45, 7) is 2.20. The maximum atomic E-state index is 13.5. The van der Waals surface area contributed by atoms with Crippen molar-refractivity contribution in [1.29, 1.82) is 0 Å². The molecule has 7 nitrogen and oxygen atoms in total. The number of aromatic hydroxyl groups is 1. The van der Waals surface area contributed by atoms with E-state index in [1.165, 1.54) is 24.4 Å². The molecule has 2 aromatic rings. The smallest absolute Gasteiger partial charge is 0.240 e. The summed E-state index contributed by atoms with van der Waals surface area (Å²) in [7, 11) is 0. The predicted molar refractivity (Wildman–Crippen MR) is 112 cm³/mol. The van der Waals surface area contributed by atoms with Crippen LogP contribution in [-0.4, -0.2) is 29.7 Å². The van der Waals surface area contributed by atoms with Gasteiger partial charge in [-0.15, -0.1) is 0 Å². The molecule has 0 fully saturated rings. The fourth-order valence-electron chi connectivity index (χ4n) is 2.17. The van der Waals surface area contributed by atoms with Crippen LogP contribution < -0.4 is 15.5 Å².